The van der Waals surface area contributed by atoms with Gasteiger partial charge in [-0.1, -0.05) is 15.9 Å². The summed E-state index contributed by atoms with van der Waals surface area (Å²) in [6, 6.07) is 3.58. The molecule has 0 saturated heterocycles. The van der Waals surface area contributed by atoms with Crippen LogP contribution in [0.25, 0.3) is 10.9 Å². The Labute approximate surface area is 140 Å². The van der Waals surface area contributed by atoms with Crippen molar-refractivity contribution in [3.05, 3.63) is 45.4 Å². The van der Waals surface area contributed by atoms with Crippen LogP contribution in [0.15, 0.2) is 49.9 Å². The van der Waals surface area contributed by atoms with Crippen molar-refractivity contribution in [3.8, 4) is 5.88 Å². The van der Waals surface area contributed by atoms with Crippen LogP contribution in [-0.2, 0) is 0 Å². The molecule has 0 unspecified atom stereocenters. The van der Waals surface area contributed by atoms with Gasteiger partial charge in [-0.15, -0.1) is 10.2 Å². The quantitative estimate of drug-likeness (QED) is 0.604. The molecule has 0 saturated carbocycles. The number of hydrogen-bond donors (Lipinski definition) is 2. The van der Waals surface area contributed by atoms with Gasteiger partial charge in [-0.25, -0.2) is 4.98 Å². The lowest BCUT2D eigenvalue weighted by atomic mass is 10.2. The van der Waals surface area contributed by atoms with E-state index < -0.39 is 5.91 Å². The zero-order valence-electron chi connectivity index (χ0n) is 10.8. The van der Waals surface area contributed by atoms with Crippen molar-refractivity contribution in [1.82, 2.24) is 15.0 Å². The zero-order valence-corrected chi connectivity index (χ0v) is 14.0. The summed E-state index contributed by atoms with van der Waals surface area (Å²) in [5.74, 6) is -0.819. The number of azo groups is 1. The predicted molar refractivity (Wildman–Crippen MR) is 86.2 cm³/mol. The molecule has 3 rings (SSSR count). The average molecular weight is 425 g/mol. The van der Waals surface area contributed by atoms with Crippen molar-refractivity contribution in [3.63, 3.8) is 0 Å². The Balaban J connectivity index is 2.02. The number of nitrogens with zero attached hydrogens (tertiary/aromatic N) is 4. The number of carbonyl (C=O) groups is 1. The normalized spacial score (nSPS) is 11.4. The summed E-state index contributed by atoms with van der Waals surface area (Å²) in [6.45, 7) is 0. The van der Waals surface area contributed by atoms with Crippen LogP contribution in [0.4, 0.5) is 5.69 Å². The van der Waals surface area contributed by atoms with Crippen molar-refractivity contribution < 1.29 is 9.90 Å². The van der Waals surface area contributed by atoms with Crippen molar-refractivity contribution >= 4 is 54.4 Å². The van der Waals surface area contributed by atoms with Crippen LogP contribution in [0.3, 0.4) is 0 Å². The highest BCUT2D eigenvalue weighted by molar-refractivity contribution is 9.11. The summed E-state index contributed by atoms with van der Waals surface area (Å²) < 4.78 is 1.54. The van der Waals surface area contributed by atoms with Gasteiger partial charge < -0.3 is 10.1 Å². The largest absolute Gasteiger partial charge is 0.493 e. The van der Waals surface area contributed by atoms with Gasteiger partial charge in [0.05, 0.1) is 11.7 Å². The summed E-state index contributed by atoms with van der Waals surface area (Å²) >= 11 is 6.74. The molecule has 1 aromatic carbocycles. The van der Waals surface area contributed by atoms with Gasteiger partial charge in [-0.3, -0.25) is 9.78 Å². The monoisotopic (exact) mass is 423 g/mol. The van der Waals surface area contributed by atoms with E-state index in [1.54, 1.807) is 6.07 Å². The third-order valence-electron chi connectivity index (χ3n) is 2.80. The van der Waals surface area contributed by atoms with Crippen molar-refractivity contribution in [2.75, 3.05) is 0 Å². The maximum Gasteiger partial charge on any atom is 0.315 e. The molecule has 2 aromatic heterocycles. The molecule has 0 aliphatic carbocycles. The number of amides is 1. The van der Waals surface area contributed by atoms with Crippen LogP contribution in [0.1, 0.15) is 10.5 Å². The summed E-state index contributed by atoms with van der Waals surface area (Å²) in [5.41, 5.74) is 0.906. The minimum Gasteiger partial charge on any atom is -0.493 e. The molecule has 7 nitrogen and oxygen atoms in total. The van der Waals surface area contributed by atoms with Gasteiger partial charge in [0.25, 0.3) is 0 Å². The van der Waals surface area contributed by atoms with Gasteiger partial charge in [-0.05, 0) is 28.1 Å². The number of hydrogen-bond acceptors (Lipinski definition) is 5. The van der Waals surface area contributed by atoms with Gasteiger partial charge in [0.1, 0.15) is 5.69 Å². The van der Waals surface area contributed by atoms with Gasteiger partial charge in [0.2, 0.25) is 5.88 Å². The Morgan fingerprint density at radius 2 is 2.09 bits per heavy atom. The van der Waals surface area contributed by atoms with E-state index in [9.17, 15) is 9.90 Å². The van der Waals surface area contributed by atoms with E-state index in [0.717, 1.165) is 8.95 Å². The fourth-order valence-electron chi connectivity index (χ4n) is 1.85. The van der Waals surface area contributed by atoms with E-state index in [-0.39, 0.29) is 17.3 Å². The number of aromatic nitrogens is 3. The minimum atomic E-state index is -0.643. The summed E-state index contributed by atoms with van der Waals surface area (Å²) in [7, 11) is 0. The van der Waals surface area contributed by atoms with Crippen molar-refractivity contribution in [2.24, 2.45) is 10.2 Å². The molecular weight excluding hydrogens is 418 g/mol. The van der Waals surface area contributed by atoms with Crippen LogP contribution in [0, 0.1) is 0 Å². The van der Waals surface area contributed by atoms with Gasteiger partial charge in [-0.2, -0.15) is 0 Å². The number of fused-ring (bicyclic) bond motifs is 1. The highest BCUT2D eigenvalue weighted by atomic mass is 79.9. The minimum absolute atomic E-state index is 0.0768. The fourth-order valence-corrected chi connectivity index (χ4v) is 3.17. The fraction of sp³-hybridized carbons (Fsp3) is 0. The summed E-state index contributed by atoms with van der Waals surface area (Å²) in [5, 5.41) is 18.0. The second-order valence-electron chi connectivity index (χ2n) is 4.23. The first-order chi connectivity index (χ1) is 10.6. The third-order valence-corrected chi connectivity index (χ3v) is 3.88. The number of aromatic hydroxyl groups is 1. The van der Waals surface area contributed by atoms with Gasteiger partial charge in [0.15, 0.2) is 5.69 Å². The molecular formula is C13H7Br2N5O2. The van der Waals surface area contributed by atoms with E-state index >= 15 is 0 Å². The molecule has 9 heteroatoms. The molecule has 0 aliphatic rings. The maximum absolute atomic E-state index is 11.8. The predicted octanol–water partition coefficient (Wildman–Crippen LogP) is 4.11. The number of carbonyl (C=O) groups excluding carboxylic acids is 1. The molecule has 0 bridgehead atoms. The van der Waals surface area contributed by atoms with E-state index in [4.69, 9.17) is 0 Å². The lowest BCUT2D eigenvalue weighted by Gasteiger charge is -1.96. The number of H-pyrrole nitrogens is 1. The number of aromatic amines is 1. The summed E-state index contributed by atoms with van der Waals surface area (Å²) in [4.78, 5) is 22.3. The number of nitrogens with one attached hydrogen (secondary N) is 1. The Kier molecular flexibility index (Phi) is 3.99. The Bertz CT molecular complexity index is 892. The molecule has 2 heterocycles. The van der Waals surface area contributed by atoms with Crippen LogP contribution in [0.5, 0.6) is 5.88 Å². The molecule has 0 radical (unpaired) electrons. The van der Waals surface area contributed by atoms with Crippen LogP contribution in [0.2, 0.25) is 0 Å². The third kappa shape index (κ3) is 2.77. The van der Waals surface area contributed by atoms with Crippen LogP contribution >= 0.6 is 31.9 Å². The van der Waals surface area contributed by atoms with Crippen molar-refractivity contribution in [2.45, 2.75) is 0 Å². The average Bonchev–Trinajstić information content (AvgIpc) is 2.82. The molecule has 0 atom stereocenters. The zero-order chi connectivity index (χ0) is 15.7. The number of rotatable bonds is 2. The number of halogens is 2. The highest BCUT2D eigenvalue weighted by Crippen LogP contribution is 2.40. The standard InChI is InChI=1S/C13H7Br2N5O2/c14-6-3-7-10(8(15)4-6)18-13(22)11(7)19-20-12(21)9-5-16-1-2-17-9/h1-5,18,22H. The van der Waals surface area contributed by atoms with E-state index in [1.165, 1.54) is 18.6 Å². The lowest BCUT2D eigenvalue weighted by molar-refractivity contribution is 0.0990. The van der Waals surface area contributed by atoms with Crippen molar-refractivity contribution in [1.29, 1.82) is 0 Å². The topological polar surface area (TPSA) is 104 Å². The first-order valence-corrected chi connectivity index (χ1v) is 7.56. The molecule has 0 fully saturated rings. The molecule has 0 aliphatic heterocycles. The highest BCUT2D eigenvalue weighted by Gasteiger charge is 2.14. The Morgan fingerprint density at radius 3 is 2.82 bits per heavy atom. The van der Waals surface area contributed by atoms with E-state index in [2.05, 4.69) is 57.0 Å². The van der Waals surface area contributed by atoms with E-state index in [0.29, 0.717) is 10.9 Å². The first-order valence-electron chi connectivity index (χ1n) is 5.98. The summed E-state index contributed by atoms with van der Waals surface area (Å²) in [6.07, 6.45) is 4.14. The molecule has 110 valence electrons. The smallest absolute Gasteiger partial charge is 0.315 e. The Hall–Kier alpha value is -2.13. The van der Waals surface area contributed by atoms with E-state index in [1.807, 2.05) is 6.07 Å². The molecule has 0 spiro atoms. The van der Waals surface area contributed by atoms with Crippen LogP contribution < -0.4 is 0 Å². The van der Waals surface area contributed by atoms with Crippen LogP contribution in [-0.4, -0.2) is 26.0 Å². The molecule has 2 N–H and O–H groups in total. The molecule has 22 heavy (non-hydrogen) atoms. The number of benzene rings is 1. The molecule has 1 amide bonds. The lowest BCUT2D eigenvalue weighted by Crippen LogP contribution is -1.97. The van der Waals surface area contributed by atoms with Gasteiger partial charge >= 0.3 is 5.91 Å². The first kappa shape index (κ1) is 14.8. The maximum atomic E-state index is 11.8. The second kappa shape index (κ2) is 5.93. The second-order valence-corrected chi connectivity index (χ2v) is 6.00. The SMILES string of the molecule is O=C(N=Nc1c(O)[nH]c2c(Br)cc(Br)cc12)c1cnccn1. The Morgan fingerprint density at radius 1 is 1.27 bits per heavy atom. The van der Waals surface area contributed by atoms with Gasteiger partial charge in [0, 0.05) is 26.7 Å². The molecule has 3 aromatic rings.